The van der Waals surface area contributed by atoms with Crippen molar-refractivity contribution in [1.82, 2.24) is 24.1 Å². The van der Waals surface area contributed by atoms with Crippen LogP contribution in [0.3, 0.4) is 0 Å². The van der Waals surface area contributed by atoms with Crippen molar-refractivity contribution < 1.29 is 55.8 Å². The summed E-state index contributed by atoms with van der Waals surface area (Å²) in [6.45, 7) is 0. The van der Waals surface area contributed by atoms with Gasteiger partial charge in [0.25, 0.3) is 0 Å². The number of halogens is 3. The van der Waals surface area contributed by atoms with E-state index in [0.29, 0.717) is 12.1 Å². The van der Waals surface area contributed by atoms with E-state index in [9.17, 15) is 0 Å². The van der Waals surface area contributed by atoms with Gasteiger partial charge in [-0.3, -0.25) is 0 Å². The summed E-state index contributed by atoms with van der Waals surface area (Å²) in [6, 6.07) is 24.5. The molecule has 3 heterocycles. The molecule has 0 bridgehead atoms. The molecule has 5 nitrogen and oxygen atoms in total. The Labute approximate surface area is 266 Å². The molecule has 3 aromatic heterocycles. The maximum absolute atomic E-state index is 5.25. The minimum atomic E-state index is 0. The summed E-state index contributed by atoms with van der Waals surface area (Å²) >= 11 is 0. The van der Waals surface area contributed by atoms with E-state index in [4.69, 9.17) is 15.0 Å². The minimum absolute atomic E-state index is 0. The number of hydrogen-bond acceptors (Lipinski definition) is 3. The zero-order valence-corrected chi connectivity index (χ0v) is 26.1. The molecule has 5 aromatic rings. The molecule has 1 radical (unpaired) electrons. The van der Waals surface area contributed by atoms with E-state index in [1.807, 2.05) is 0 Å². The first kappa shape index (κ1) is 32.5. The van der Waals surface area contributed by atoms with E-state index >= 15 is 0 Å². The molecule has 2 aliphatic carbocycles. The van der Waals surface area contributed by atoms with Gasteiger partial charge in [0.1, 0.15) is 11.4 Å². The largest absolute Gasteiger partial charge is 1.00 e. The Morgan fingerprint density at radius 2 is 0.875 bits per heavy atom. The molecular formula is C31H33Cl3N5V-3. The van der Waals surface area contributed by atoms with Crippen molar-refractivity contribution in [2.24, 2.45) is 0 Å². The zero-order valence-electron chi connectivity index (χ0n) is 22.4. The molecule has 0 atom stereocenters. The molecule has 2 aliphatic rings. The van der Waals surface area contributed by atoms with Gasteiger partial charge in [-0.1, -0.05) is 68.9 Å². The minimum Gasteiger partial charge on any atom is -1.00 e. The number of aromatic nitrogens is 5. The molecule has 2 aromatic carbocycles. The quantitative estimate of drug-likeness (QED) is 0.259. The summed E-state index contributed by atoms with van der Waals surface area (Å²) in [7, 11) is 0. The Kier molecular flexibility index (Phi) is 11.6. The topological polar surface area (TPSA) is 48.5 Å². The van der Waals surface area contributed by atoms with E-state index in [-0.39, 0.29) is 55.8 Å². The van der Waals surface area contributed by atoms with E-state index in [0.717, 1.165) is 34.1 Å². The molecule has 7 rings (SSSR count). The number of pyridine rings is 1. The van der Waals surface area contributed by atoms with Gasteiger partial charge in [-0.15, -0.1) is 0 Å². The van der Waals surface area contributed by atoms with Gasteiger partial charge < -0.3 is 46.4 Å². The Balaban J connectivity index is 0.00000110. The summed E-state index contributed by atoms with van der Waals surface area (Å²) in [6.07, 6.45) is 12.7. The van der Waals surface area contributed by atoms with E-state index in [2.05, 4.69) is 75.9 Å². The summed E-state index contributed by atoms with van der Waals surface area (Å²) in [5.74, 6) is 1.98. The standard InChI is InChI=1S/C31H33N5.3ClH.V/c1-3-12-22(13-4-1)35-28-20-9-7-16-24(28)33-30(35)26-18-11-19-27(32-26)31-34-25-17-8-10-21-29(25)36(31)23-14-5-2-6-15-23;;;;/h7-11,16-23H,1-6,12-15H2;3*1H;/p-3. The third-order valence-corrected chi connectivity index (χ3v) is 8.28. The van der Waals surface area contributed by atoms with Crippen LogP contribution in [0.15, 0.2) is 66.7 Å². The van der Waals surface area contributed by atoms with Crippen LogP contribution in [0, 0.1) is 0 Å². The first-order valence-electron chi connectivity index (χ1n) is 13.8. The number of para-hydroxylation sites is 4. The van der Waals surface area contributed by atoms with Crippen LogP contribution in [0.5, 0.6) is 0 Å². The van der Waals surface area contributed by atoms with Crippen molar-refractivity contribution in [3.05, 3.63) is 66.7 Å². The molecule has 0 amide bonds. The van der Waals surface area contributed by atoms with Crippen LogP contribution in [0.4, 0.5) is 0 Å². The Hall–Kier alpha value is -2.02. The van der Waals surface area contributed by atoms with Crippen LogP contribution in [0.25, 0.3) is 45.1 Å². The van der Waals surface area contributed by atoms with Crippen LogP contribution in [-0.2, 0) is 18.6 Å². The molecule has 211 valence electrons. The van der Waals surface area contributed by atoms with E-state index < -0.39 is 0 Å². The van der Waals surface area contributed by atoms with Crippen LogP contribution < -0.4 is 37.2 Å². The second-order valence-corrected chi connectivity index (χ2v) is 10.6. The van der Waals surface area contributed by atoms with Gasteiger partial charge in [0.05, 0.1) is 22.1 Å². The smallest absolute Gasteiger partial charge is 0.160 e. The molecule has 0 N–H and O–H groups in total. The average molecular weight is 633 g/mol. The fourth-order valence-electron chi connectivity index (χ4n) is 6.55. The monoisotopic (exact) mass is 631 g/mol. The normalized spacial score (nSPS) is 16.0. The van der Waals surface area contributed by atoms with E-state index in [1.54, 1.807) is 0 Å². The number of fused-ring (bicyclic) bond motifs is 2. The van der Waals surface area contributed by atoms with E-state index in [1.165, 1.54) is 75.2 Å². The van der Waals surface area contributed by atoms with Crippen molar-refractivity contribution in [2.45, 2.75) is 76.3 Å². The number of nitrogens with zero attached hydrogens (tertiary/aromatic N) is 5. The third kappa shape index (κ3) is 5.96. The van der Waals surface area contributed by atoms with Crippen molar-refractivity contribution in [2.75, 3.05) is 0 Å². The van der Waals surface area contributed by atoms with Crippen molar-refractivity contribution in [3.8, 4) is 23.0 Å². The maximum Gasteiger partial charge on any atom is 0.160 e. The van der Waals surface area contributed by atoms with Gasteiger partial charge in [0, 0.05) is 30.6 Å². The van der Waals surface area contributed by atoms with Crippen molar-refractivity contribution in [1.29, 1.82) is 0 Å². The van der Waals surface area contributed by atoms with Crippen LogP contribution in [0.2, 0.25) is 0 Å². The molecule has 0 aliphatic heterocycles. The van der Waals surface area contributed by atoms with Gasteiger partial charge in [0.2, 0.25) is 0 Å². The average Bonchev–Trinajstić information content (AvgIpc) is 3.53. The molecule has 0 spiro atoms. The van der Waals surface area contributed by atoms with Gasteiger partial charge in [-0.05, 0) is 62.1 Å². The van der Waals surface area contributed by atoms with Gasteiger partial charge in [-0.25, -0.2) is 15.0 Å². The third-order valence-electron chi connectivity index (χ3n) is 8.28. The van der Waals surface area contributed by atoms with Crippen molar-refractivity contribution in [3.63, 3.8) is 0 Å². The summed E-state index contributed by atoms with van der Waals surface area (Å²) in [4.78, 5) is 15.5. The summed E-state index contributed by atoms with van der Waals surface area (Å²) in [5, 5.41) is 0. The molecule has 2 fully saturated rings. The maximum atomic E-state index is 5.25. The first-order chi connectivity index (χ1) is 17.9. The predicted octanol–water partition coefficient (Wildman–Crippen LogP) is -0.865. The number of benzene rings is 2. The molecule has 0 unspecified atom stereocenters. The molecule has 40 heavy (non-hydrogen) atoms. The second kappa shape index (κ2) is 14.2. The zero-order chi connectivity index (χ0) is 23.9. The van der Waals surface area contributed by atoms with Crippen LogP contribution in [-0.4, -0.2) is 24.1 Å². The number of imidazole rings is 2. The predicted molar refractivity (Wildman–Crippen MR) is 146 cm³/mol. The van der Waals surface area contributed by atoms with Gasteiger partial charge >= 0.3 is 0 Å². The molecular weight excluding hydrogens is 600 g/mol. The summed E-state index contributed by atoms with van der Waals surface area (Å²) in [5.41, 5.74) is 6.44. The molecule has 9 heteroatoms. The fraction of sp³-hybridized carbons (Fsp3) is 0.387. The number of rotatable bonds is 4. The molecule has 0 saturated heterocycles. The summed E-state index contributed by atoms with van der Waals surface area (Å²) < 4.78 is 4.95. The molecule has 2 saturated carbocycles. The van der Waals surface area contributed by atoms with Crippen LogP contribution >= 0.6 is 0 Å². The fourth-order valence-corrected chi connectivity index (χ4v) is 6.55. The number of hydrogen-bond donors (Lipinski definition) is 0. The first-order valence-corrected chi connectivity index (χ1v) is 13.8. The van der Waals surface area contributed by atoms with Gasteiger partial charge in [0.15, 0.2) is 11.6 Å². The van der Waals surface area contributed by atoms with Crippen molar-refractivity contribution >= 4 is 22.1 Å². The Bertz CT molecular complexity index is 1430. The Morgan fingerprint density at radius 3 is 1.30 bits per heavy atom. The Morgan fingerprint density at radius 1 is 0.475 bits per heavy atom. The SMILES string of the molecule is [Cl-].[Cl-].[Cl-].[V].c1cc(-c2nc3ccccc3n2C2CCCCC2)nc(-c2nc3ccccc3n2C2CCCCC2)c1. The van der Waals surface area contributed by atoms with Gasteiger partial charge in [-0.2, -0.15) is 0 Å². The second-order valence-electron chi connectivity index (χ2n) is 10.6. The van der Waals surface area contributed by atoms with Crippen LogP contribution in [0.1, 0.15) is 76.3 Å².